The predicted molar refractivity (Wildman–Crippen MR) is 100 cm³/mol. The highest BCUT2D eigenvalue weighted by Gasteiger charge is 2.21. The van der Waals surface area contributed by atoms with Crippen molar-refractivity contribution in [1.82, 2.24) is 10.6 Å². The highest BCUT2D eigenvalue weighted by Crippen LogP contribution is 2.26. The summed E-state index contributed by atoms with van der Waals surface area (Å²) in [6.45, 7) is 2.91. The molecule has 0 bridgehead atoms. The molecule has 1 aliphatic rings. The number of hydrogen-bond acceptors (Lipinski definition) is 3. The van der Waals surface area contributed by atoms with Crippen molar-refractivity contribution in [1.29, 1.82) is 0 Å². The molecule has 3 amide bonds. The molecule has 1 aliphatic heterocycles. The Hall–Kier alpha value is -2.86. The molecule has 2 aromatic rings. The van der Waals surface area contributed by atoms with E-state index in [9.17, 15) is 9.59 Å². The number of fused-ring (bicyclic) bond motifs is 1. The van der Waals surface area contributed by atoms with Crippen LogP contribution in [0.2, 0.25) is 0 Å². The van der Waals surface area contributed by atoms with E-state index < -0.39 is 0 Å². The summed E-state index contributed by atoms with van der Waals surface area (Å²) in [5, 5.41) is 8.26. The molecule has 0 radical (unpaired) electrons. The summed E-state index contributed by atoms with van der Waals surface area (Å²) in [5.41, 5.74) is 4.44. The van der Waals surface area contributed by atoms with E-state index in [4.69, 9.17) is 4.74 Å². The van der Waals surface area contributed by atoms with Crippen molar-refractivity contribution < 1.29 is 14.3 Å². The summed E-state index contributed by atoms with van der Waals surface area (Å²) in [5.74, 6) is -0.155. The third-order valence-electron chi connectivity index (χ3n) is 4.50. The summed E-state index contributed by atoms with van der Waals surface area (Å²) in [4.78, 5) is 23.9. The molecule has 0 spiro atoms. The molecule has 6 heteroatoms. The van der Waals surface area contributed by atoms with Crippen LogP contribution in [0, 0.1) is 6.92 Å². The second-order valence-electron chi connectivity index (χ2n) is 6.25. The fraction of sp³-hybridized carbons (Fsp3) is 0.300. The highest BCUT2D eigenvalue weighted by atomic mass is 16.5. The molecular formula is C20H23N3O3. The van der Waals surface area contributed by atoms with E-state index >= 15 is 0 Å². The number of carbonyl (C=O) groups is 2. The SMILES string of the molecule is CNC(=O)c1ccc(NC(=O)NC[C@@H]2OCCc3ccccc32)c(C)c1. The molecule has 0 saturated heterocycles. The molecule has 0 fully saturated rings. The number of aryl methyl sites for hydroxylation is 1. The molecule has 1 heterocycles. The van der Waals surface area contributed by atoms with Crippen molar-refractivity contribution >= 4 is 17.6 Å². The molecule has 2 aromatic carbocycles. The van der Waals surface area contributed by atoms with Gasteiger partial charge in [0.1, 0.15) is 6.10 Å². The van der Waals surface area contributed by atoms with Crippen LogP contribution in [0.1, 0.15) is 33.2 Å². The van der Waals surface area contributed by atoms with Crippen molar-refractivity contribution in [3.8, 4) is 0 Å². The average molecular weight is 353 g/mol. The number of amides is 3. The first-order chi connectivity index (χ1) is 12.6. The number of ether oxygens (including phenoxy) is 1. The van der Waals surface area contributed by atoms with Crippen molar-refractivity contribution in [2.75, 3.05) is 25.5 Å². The maximum absolute atomic E-state index is 12.2. The summed E-state index contributed by atoms with van der Waals surface area (Å²) in [6.07, 6.45) is 0.762. The van der Waals surface area contributed by atoms with Gasteiger partial charge in [-0.3, -0.25) is 4.79 Å². The Morgan fingerprint density at radius 1 is 1.19 bits per heavy atom. The van der Waals surface area contributed by atoms with E-state index in [-0.39, 0.29) is 18.0 Å². The van der Waals surface area contributed by atoms with Gasteiger partial charge in [-0.1, -0.05) is 24.3 Å². The Bertz CT molecular complexity index is 820. The first-order valence-corrected chi connectivity index (χ1v) is 8.65. The Kier molecular flexibility index (Phi) is 5.53. The summed E-state index contributed by atoms with van der Waals surface area (Å²) >= 11 is 0. The van der Waals surface area contributed by atoms with Gasteiger partial charge in [0, 0.05) is 24.8 Å². The third kappa shape index (κ3) is 4.03. The first kappa shape index (κ1) is 17.9. The summed E-state index contributed by atoms with van der Waals surface area (Å²) < 4.78 is 5.80. The normalized spacial score (nSPS) is 15.7. The zero-order valence-corrected chi connectivity index (χ0v) is 15.0. The molecule has 3 N–H and O–H groups in total. The lowest BCUT2D eigenvalue weighted by molar-refractivity contribution is 0.0444. The maximum Gasteiger partial charge on any atom is 0.319 e. The van der Waals surface area contributed by atoms with Crippen molar-refractivity contribution in [2.45, 2.75) is 19.4 Å². The molecule has 0 unspecified atom stereocenters. The van der Waals surface area contributed by atoms with Crippen LogP contribution in [0.3, 0.4) is 0 Å². The lowest BCUT2D eigenvalue weighted by Gasteiger charge is -2.26. The van der Waals surface area contributed by atoms with Gasteiger partial charge in [-0.2, -0.15) is 0 Å². The Morgan fingerprint density at radius 2 is 2.00 bits per heavy atom. The smallest absolute Gasteiger partial charge is 0.319 e. The largest absolute Gasteiger partial charge is 0.371 e. The molecule has 0 saturated carbocycles. The second kappa shape index (κ2) is 8.01. The standard InChI is InChI=1S/C20H23N3O3/c1-13-11-15(19(24)21-2)7-8-17(13)23-20(25)22-12-18-16-6-4-3-5-14(16)9-10-26-18/h3-8,11,18H,9-10,12H2,1-2H3,(H,21,24)(H2,22,23,25)/t18-/m0/s1. The minimum atomic E-state index is -0.299. The van der Waals surface area contributed by atoms with Crippen molar-refractivity contribution in [3.63, 3.8) is 0 Å². The van der Waals surface area contributed by atoms with Gasteiger partial charge in [0.2, 0.25) is 0 Å². The first-order valence-electron chi connectivity index (χ1n) is 8.65. The molecule has 0 aromatic heterocycles. The van der Waals surface area contributed by atoms with Crippen LogP contribution in [-0.2, 0) is 11.2 Å². The molecule has 3 rings (SSSR count). The van der Waals surface area contributed by atoms with E-state index in [0.717, 1.165) is 17.5 Å². The maximum atomic E-state index is 12.2. The van der Waals surface area contributed by atoms with Crippen molar-refractivity contribution in [3.05, 3.63) is 64.7 Å². The number of benzene rings is 2. The van der Waals surface area contributed by atoms with Crippen LogP contribution >= 0.6 is 0 Å². The zero-order valence-electron chi connectivity index (χ0n) is 15.0. The van der Waals surface area contributed by atoms with Gasteiger partial charge in [-0.05, 0) is 48.2 Å². The van der Waals surface area contributed by atoms with Gasteiger partial charge in [-0.15, -0.1) is 0 Å². The van der Waals surface area contributed by atoms with Gasteiger partial charge in [-0.25, -0.2) is 4.79 Å². The monoisotopic (exact) mass is 353 g/mol. The number of nitrogens with one attached hydrogen (secondary N) is 3. The lowest BCUT2D eigenvalue weighted by Crippen LogP contribution is -2.34. The number of rotatable bonds is 4. The van der Waals surface area contributed by atoms with E-state index in [1.54, 1.807) is 25.2 Å². The number of hydrogen-bond donors (Lipinski definition) is 3. The average Bonchev–Trinajstić information content (AvgIpc) is 2.67. The van der Waals surface area contributed by atoms with Crippen LogP contribution in [0.25, 0.3) is 0 Å². The van der Waals surface area contributed by atoms with E-state index in [1.807, 2.05) is 25.1 Å². The molecule has 136 valence electrons. The van der Waals surface area contributed by atoms with Crippen LogP contribution in [0.15, 0.2) is 42.5 Å². The fourth-order valence-corrected chi connectivity index (χ4v) is 3.09. The van der Waals surface area contributed by atoms with E-state index in [0.29, 0.717) is 24.4 Å². The Morgan fingerprint density at radius 3 is 2.77 bits per heavy atom. The van der Waals surface area contributed by atoms with Gasteiger partial charge in [0.15, 0.2) is 0 Å². The molecule has 26 heavy (non-hydrogen) atoms. The van der Waals surface area contributed by atoms with Gasteiger partial charge >= 0.3 is 6.03 Å². The van der Waals surface area contributed by atoms with E-state index in [2.05, 4.69) is 22.0 Å². The molecular weight excluding hydrogens is 330 g/mol. The van der Waals surface area contributed by atoms with Crippen LogP contribution in [0.5, 0.6) is 0 Å². The second-order valence-corrected chi connectivity index (χ2v) is 6.25. The van der Waals surface area contributed by atoms with E-state index in [1.165, 1.54) is 5.56 Å². The minimum Gasteiger partial charge on any atom is -0.371 e. The number of urea groups is 1. The Labute approximate surface area is 152 Å². The third-order valence-corrected chi connectivity index (χ3v) is 4.50. The Balaban J connectivity index is 1.59. The number of carbonyl (C=O) groups excluding carboxylic acids is 2. The summed E-state index contributed by atoms with van der Waals surface area (Å²) in [6, 6.07) is 13.0. The lowest BCUT2D eigenvalue weighted by atomic mass is 9.98. The molecule has 1 atom stereocenters. The fourth-order valence-electron chi connectivity index (χ4n) is 3.09. The zero-order chi connectivity index (χ0) is 18.5. The van der Waals surface area contributed by atoms with Crippen molar-refractivity contribution in [2.24, 2.45) is 0 Å². The molecule has 0 aliphatic carbocycles. The van der Waals surface area contributed by atoms with Crippen LogP contribution in [0.4, 0.5) is 10.5 Å². The van der Waals surface area contributed by atoms with Crippen LogP contribution < -0.4 is 16.0 Å². The van der Waals surface area contributed by atoms with Gasteiger partial charge < -0.3 is 20.7 Å². The summed E-state index contributed by atoms with van der Waals surface area (Å²) in [7, 11) is 1.59. The van der Waals surface area contributed by atoms with Crippen LogP contribution in [-0.4, -0.2) is 32.1 Å². The highest BCUT2D eigenvalue weighted by molar-refractivity contribution is 5.96. The molecule has 6 nitrogen and oxygen atoms in total. The number of anilines is 1. The predicted octanol–water partition coefficient (Wildman–Crippen LogP) is 2.79. The van der Waals surface area contributed by atoms with Gasteiger partial charge in [0.05, 0.1) is 6.61 Å². The topological polar surface area (TPSA) is 79.5 Å². The minimum absolute atomic E-state index is 0.137. The van der Waals surface area contributed by atoms with Gasteiger partial charge in [0.25, 0.3) is 5.91 Å². The quantitative estimate of drug-likeness (QED) is 0.791.